The number of ketones is 1. The second kappa shape index (κ2) is 5.65. The fourth-order valence-electron chi connectivity index (χ4n) is 1.89. The maximum absolute atomic E-state index is 12.3. The van der Waals surface area contributed by atoms with Gasteiger partial charge in [0.1, 0.15) is 0 Å². The van der Waals surface area contributed by atoms with E-state index in [1.165, 1.54) is 0 Å². The molecule has 20 heavy (non-hydrogen) atoms. The number of nitrogens with zero attached hydrogens (tertiary/aromatic N) is 1. The SMILES string of the molecule is CC(C)c1ccc(C(=O)c2ccccc2)c(C(=O)O)n1. The largest absolute Gasteiger partial charge is 0.476 e. The maximum Gasteiger partial charge on any atom is 0.355 e. The summed E-state index contributed by atoms with van der Waals surface area (Å²) >= 11 is 0. The topological polar surface area (TPSA) is 67.3 Å². The number of hydrogen-bond acceptors (Lipinski definition) is 3. The molecule has 0 bridgehead atoms. The minimum Gasteiger partial charge on any atom is -0.476 e. The van der Waals surface area contributed by atoms with Crippen molar-refractivity contribution < 1.29 is 14.7 Å². The molecule has 102 valence electrons. The summed E-state index contributed by atoms with van der Waals surface area (Å²) in [6.45, 7) is 3.85. The van der Waals surface area contributed by atoms with Crippen LogP contribution in [0.1, 0.15) is 51.9 Å². The van der Waals surface area contributed by atoms with Crippen LogP contribution in [0.15, 0.2) is 42.5 Å². The highest BCUT2D eigenvalue weighted by atomic mass is 16.4. The second-order valence-electron chi connectivity index (χ2n) is 4.79. The van der Waals surface area contributed by atoms with E-state index in [2.05, 4.69) is 4.98 Å². The van der Waals surface area contributed by atoms with Crippen LogP contribution in [-0.4, -0.2) is 21.8 Å². The van der Waals surface area contributed by atoms with E-state index in [-0.39, 0.29) is 23.0 Å². The molecule has 2 rings (SSSR count). The third-order valence-corrected chi connectivity index (χ3v) is 2.99. The van der Waals surface area contributed by atoms with Gasteiger partial charge in [0.15, 0.2) is 11.5 Å². The van der Waals surface area contributed by atoms with Gasteiger partial charge in [-0.3, -0.25) is 4.79 Å². The molecule has 0 aliphatic carbocycles. The Balaban J connectivity index is 2.51. The third-order valence-electron chi connectivity index (χ3n) is 2.99. The molecule has 4 nitrogen and oxygen atoms in total. The number of hydrogen-bond donors (Lipinski definition) is 1. The highest BCUT2D eigenvalue weighted by Crippen LogP contribution is 2.18. The molecule has 2 aromatic rings. The summed E-state index contributed by atoms with van der Waals surface area (Å²) in [5, 5.41) is 9.25. The highest BCUT2D eigenvalue weighted by Gasteiger charge is 2.20. The van der Waals surface area contributed by atoms with Gasteiger partial charge in [-0.15, -0.1) is 0 Å². The number of rotatable bonds is 4. The Morgan fingerprint density at radius 3 is 2.25 bits per heavy atom. The van der Waals surface area contributed by atoms with Gasteiger partial charge in [0, 0.05) is 11.3 Å². The van der Waals surface area contributed by atoms with Crippen LogP contribution >= 0.6 is 0 Å². The number of benzene rings is 1. The summed E-state index contributed by atoms with van der Waals surface area (Å²) in [6, 6.07) is 11.8. The van der Waals surface area contributed by atoms with Crippen molar-refractivity contribution in [2.24, 2.45) is 0 Å². The number of carboxylic acids is 1. The van der Waals surface area contributed by atoms with Crippen molar-refractivity contribution in [3.05, 3.63) is 65.0 Å². The molecule has 0 radical (unpaired) electrons. The quantitative estimate of drug-likeness (QED) is 0.866. The van der Waals surface area contributed by atoms with E-state index in [1.54, 1.807) is 42.5 Å². The van der Waals surface area contributed by atoms with E-state index in [4.69, 9.17) is 0 Å². The Labute approximate surface area is 117 Å². The fourth-order valence-corrected chi connectivity index (χ4v) is 1.89. The zero-order chi connectivity index (χ0) is 14.7. The third kappa shape index (κ3) is 2.74. The lowest BCUT2D eigenvalue weighted by Crippen LogP contribution is -2.13. The average molecular weight is 269 g/mol. The predicted octanol–water partition coefficient (Wildman–Crippen LogP) is 3.13. The Bertz CT molecular complexity index is 648. The number of aromatic carboxylic acids is 1. The Morgan fingerprint density at radius 1 is 1.05 bits per heavy atom. The minimum absolute atomic E-state index is 0.106. The molecule has 1 aromatic carbocycles. The van der Waals surface area contributed by atoms with E-state index in [1.807, 2.05) is 13.8 Å². The van der Waals surface area contributed by atoms with Gasteiger partial charge >= 0.3 is 5.97 Å². The van der Waals surface area contributed by atoms with Crippen molar-refractivity contribution in [2.45, 2.75) is 19.8 Å². The van der Waals surface area contributed by atoms with Crippen LogP contribution in [0.3, 0.4) is 0 Å². The zero-order valence-electron chi connectivity index (χ0n) is 11.3. The zero-order valence-corrected chi connectivity index (χ0v) is 11.3. The molecule has 0 unspecified atom stereocenters. The Hall–Kier alpha value is -2.49. The first-order valence-corrected chi connectivity index (χ1v) is 6.34. The summed E-state index contributed by atoms with van der Waals surface area (Å²) < 4.78 is 0. The number of carbonyl (C=O) groups excluding carboxylic acids is 1. The van der Waals surface area contributed by atoms with Crippen molar-refractivity contribution >= 4 is 11.8 Å². The molecule has 1 aromatic heterocycles. The molecule has 0 saturated heterocycles. The molecule has 0 saturated carbocycles. The molecule has 0 spiro atoms. The molecule has 0 aliphatic rings. The molecule has 1 heterocycles. The minimum atomic E-state index is -1.19. The first-order valence-electron chi connectivity index (χ1n) is 6.34. The van der Waals surface area contributed by atoms with Gasteiger partial charge in [0.05, 0.1) is 5.56 Å². The van der Waals surface area contributed by atoms with E-state index in [9.17, 15) is 14.7 Å². The van der Waals surface area contributed by atoms with Gasteiger partial charge in [-0.25, -0.2) is 9.78 Å². The van der Waals surface area contributed by atoms with Gasteiger partial charge in [0.2, 0.25) is 0 Å². The molecule has 0 fully saturated rings. The summed E-state index contributed by atoms with van der Waals surface area (Å²) in [5.41, 5.74) is 1.04. The van der Waals surface area contributed by atoms with Gasteiger partial charge in [0.25, 0.3) is 0 Å². The molecule has 1 N–H and O–H groups in total. The lowest BCUT2D eigenvalue weighted by molar-refractivity contribution is 0.0686. The molecule has 0 amide bonds. The second-order valence-corrected chi connectivity index (χ2v) is 4.79. The number of pyridine rings is 1. The molecule has 4 heteroatoms. The monoisotopic (exact) mass is 269 g/mol. The number of aromatic nitrogens is 1. The van der Waals surface area contributed by atoms with Crippen LogP contribution < -0.4 is 0 Å². The molecule has 0 aliphatic heterocycles. The van der Waals surface area contributed by atoms with Gasteiger partial charge in [-0.1, -0.05) is 44.2 Å². The van der Waals surface area contributed by atoms with Crippen molar-refractivity contribution in [1.82, 2.24) is 4.98 Å². The number of carbonyl (C=O) groups is 2. The first-order chi connectivity index (χ1) is 9.50. The lowest BCUT2D eigenvalue weighted by atomic mass is 10.00. The van der Waals surface area contributed by atoms with Gasteiger partial charge in [-0.05, 0) is 18.1 Å². The van der Waals surface area contributed by atoms with E-state index in [0.717, 1.165) is 0 Å². The lowest BCUT2D eigenvalue weighted by Gasteiger charge is -2.09. The van der Waals surface area contributed by atoms with E-state index in [0.29, 0.717) is 11.3 Å². The number of carboxylic acid groups (broad SMARTS) is 1. The average Bonchev–Trinajstić information content (AvgIpc) is 2.46. The van der Waals surface area contributed by atoms with Crippen LogP contribution in [0.5, 0.6) is 0 Å². The summed E-state index contributed by atoms with van der Waals surface area (Å²) in [7, 11) is 0. The maximum atomic E-state index is 12.3. The van der Waals surface area contributed by atoms with Gasteiger partial charge < -0.3 is 5.11 Å². The van der Waals surface area contributed by atoms with Crippen LogP contribution in [-0.2, 0) is 0 Å². The Morgan fingerprint density at radius 2 is 1.70 bits per heavy atom. The first kappa shape index (κ1) is 13.9. The summed E-state index contributed by atoms with van der Waals surface area (Å²) in [5.74, 6) is -1.41. The van der Waals surface area contributed by atoms with E-state index >= 15 is 0 Å². The summed E-state index contributed by atoms with van der Waals surface area (Å²) in [6.07, 6.45) is 0. The normalized spacial score (nSPS) is 10.6. The van der Waals surface area contributed by atoms with Crippen LogP contribution in [0.25, 0.3) is 0 Å². The standard InChI is InChI=1S/C16H15NO3/c1-10(2)13-9-8-12(14(17-13)16(19)20)15(18)11-6-4-3-5-7-11/h3-10H,1-2H3,(H,19,20). The van der Waals surface area contributed by atoms with Gasteiger partial charge in [-0.2, -0.15) is 0 Å². The van der Waals surface area contributed by atoms with Crippen molar-refractivity contribution in [3.8, 4) is 0 Å². The van der Waals surface area contributed by atoms with Crippen LogP contribution in [0, 0.1) is 0 Å². The molecule has 0 atom stereocenters. The molecular weight excluding hydrogens is 254 g/mol. The predicted molar refractivity (Wildman–Crippen MR) is 75.2 cm³/mol. The fraction of sp³-hybridized carbons (Fsp3) is 0.188. The van der Waals surface area contributed by atoms with Crippen molar-refractivity contribution in [1.29, 1.82) is 0 Å². The van der Waals surface area contributed by atoms with Crippen molar-refractivity contribution in [2.75, 3.05) is 0 Å². The van der Waals surface area contributed by atoms with Crippen molar-refractivity contribution in [3.63, 3.8) is 0 Å². The van der Waals surface area contributed by atoms with E-state index < -0.39 is 5.97 Å². The molecular formula is C16H15NO3. The summed E-state index contributed by atoms with van der Waals surface area (Å²) in [4.78, 5) is 27.8. The van der Waals surface area contributed by atoms with Crippen LogP contribution in [0.2, 0.25) is 0 Å². The highest BCUT2D eigenvalue weighted by molar-refractivity contribution is 6.13. The Kier molecular flexibility index (Phi) is 3.94. The smallest absolute Gasteiger partial charge is 0.355 e. The van der Waals surface area contributed by atoms with Crippen LogP contribution in [0.4, 0.5) is 0 Å².